The van der Waals surface area contributed by atoms with Gasteiger partial charge in [0.2, 0.25) is 6.54 Å². The Labute approximate surface area is 297 Å². The topological polar surface area (TPSA) is 153 Å². The summed E-state index contributed by atoms with van der Waals surface area (Å²) in [6, 6.07) is 1.14. The minimum Gasteiger partial charge on any atom is -0.389 e. The monoisotopic (exact) mass is 753 g/mol. The van der Waals surface area contributed by atoms with Crippen LogP contribution in [0, 0.1) is 43.1 Å². The first-order valence-corrected chi connectivity index (χ1v) is 17.2. The molecule has 4 aliphatic rings. The largest absolute Gasteiger partial charge is 2.00 e. The number of rotatable bonds is 9. The predicted molar refractivity (Wildman–Crippen MR) is 180 cm³/mol. The Morgan fingerprint density at radius 3 is 1.80 bits per heavy atom. The Hall–Kier alpha value is -2.49. The molecule has 0 amide bonds. The molecule has 2 aromatic heterocycles. The number of aromatic amines is 2. The summed E-state index contributed by atoms with van der Waals surface area (Å²) in [6.07, 6.45) is 3.20. The van der Waals surface area contributed by atoms with Crippen LogP contribution in [0.25, 0.3) is 4.85 Å². The first kappa shape index (κ1) is 42.7. The molecule has 16 heteroatoms. The van der Waals surface area contributed by atoms with Crippen molar-refractivity contribution in [1.29, 1.82) is 0 Å². The Morgan fingerprint density at radius 2 is 1.37 bits per heavy atom. The molecule has 4 aliphatic carbocycles. The van der Waals surface area contributed by atoms with Gasteiger partial charge in [0.1, 0.15) is 25.1 Å². The van der Waals surface area contributed by atoms with Crippen LogP contribution < -0.4 is 22.5 Å². The maximum atomic E-state index is 15.0. The summed E-state index contributed by atoms with van der Waals surface area (Å²) in [5.74, 6) is -0.00440. The average molecular weight is 754 g/mol. The van der Waals surface area contributed by atoms with Gasteiger partial charge >= 0.3 is 27.9 Å². The van der Waals surface area contributed by atoms with Crippen LogP contribution in [0.1, 0.15) is 78.3 Å². The number of halogens is 2. The van der Waals surface area contributed by atoms with E-state index in [1.54, 1.807) is 0 Å². The van der Waals surface area contributed by atoms with Crippen molar-refractivity contribution >= 4 is 9.03 Å². The number of nitrogens with zero attached hydrogens (tertiary/aromatic N) is 3. The smallest absolute Gasteiger partial charge is 0.389 e. The summed E-state index contributed by atoms with van der Waals surface area (Å²) >= 11 is 0. The van der Waals surface area contributed by atoms with Crippen LogP contribution in [0.2, 0.25) is 0 Å². The van der Waals surface area contributed by atoms with E-state index >= 15 is 4.39 Å². The second-order valence-electron chi connectivity index (χ2n) is 12.5. The molecule has 4 saturated carbocycles. The third kappa shape index (κ3) is 8.88. The fourth-order valence-corrected chi connectivity index (χ4v) is 8.09. The minimum absolute atomic E-state index is 0. The van der Waals surface area contributed by atoms with Gasteiger partial charge in [-0.25, -0.2) is 24.9 Å². The van der Waals surface area contributed by atoms with Crippen molar-refractivity contribution < 1.29 is 39.4 Å². The number of alkyl halides is 2. The predicted octanol–water partition coefficient (Wildman–Crippen LogP) is 4.34. The Morgan fingerprint density at radius 1 is 0.918 bits per heavy atom. The molecule has 0 radical (unpaired) electrons. The van der Waals surface area contributed by atoms with Gasteiger partial charge in [-0.15, -0.1) is 0 Å². The number of nitrogens with one attached hydrogen (secondary N) is 2. The maximum absolute atomic E-state index is 15.0. The summed E-state index contributed by atoms with van der Waals surface area (Å²) < 4.78 is 42.6. The third-order valence-electron chi connectivity index (χ3n) is 9.78. The van der Waals surface area contributed by atoms with Gasteiger partial charge in [-0.05, 0) is 37.5 Å². The van der Waals surface area contributed by atoms with Gasteiger partial charge < -0.3 is 32.8 Å². The molecule has 2 heterocycles. The zero-order valence-corrected chi connectivity index (χ0v) is 30.3. The number of aromatic nitrogens is 4. The van der Waals surface area contributed by atoms with E-state index in [2.05, 4.69) is 28.7 Å². The van der Waals surface area contributed by atoms with E-state index in [1.165, 1.54) is 33.7 Å². The van der Waals surface area contributed by atoms with Crippen molar-refractivity contribution in [3.8, 4) is 0 Å². The molecule has 6 rings (SSSR count). The molecule has 12 nitrogen and oxygen atoms in total. The van der Waals surface area contributed by atoms with Crippen molar-refractivity contribution in [2.45, 2.75) is 103 Å². The second kappa shape index (κ2) is 18.7. The fraction of sp³-hybridized carbons (Fsp3) is 0.667. The van der Waals surface area contributed by atoms with Gasteiger partial charge in [0.25, 0.3) is 11.1 Å². The first-order valence-electron chi connectivity index (χ1n) is 16.4. The summed E-state index contributed by atoms with van der Waals surface area (Å²) in [5.41, 5.74) is -2.85. The molecule has 0 spiro atoms. The molecule has 0 saturated heterocycles. The molecule has 4 fully saturated rings. The van der Waals surface area contributed by atoms with Crippen molar-refractivity contribution in [2.75, 3.05) is 13.2 Å². The summed E-state index contributed by atoms with van der Waals surface area (Å²) in [5, 5.41) is 9.97. The summed E-state index contributed by atoms with van der Waals surface area (Å²) in [4.78, 5) is 53.4. The van der Waals surface area contributed by atoms with E-state index in [-0.39, 0.29) is 61.3 Å². The van der Waals surface area contributed by atoms with Gasteiger partial charge in [-0.2, -0.15) is 12.8 Å². The van der Waals surface area contributed by atoms with E-state index < -0.39 is 59.1 Å². The first-order chi connectivity index (χ1) is 22.9. The average Bonchev–Trinajstić information content (AvgIpc) is 3.93. The fourth-order valence-electron chi connectivity index (χ4n) is 7.38. The number of H-pyrrole nitrogens is 2. The quantitative estimate of drug-likeness (QED) is 0.149. The molecule has 2 aromatic rings. The van der Waals surface area contributed by atoms with Crippen LogP contribution in [0.3, 0.4) is 0 Å². The van der Waals surface area contributed by atoms with Gasteiger partial charge in [0.15, 0.2) is 9.03 Å². The van der Waals surface area contributed by atoms with Gasteiger partial charge in [-0.3, -0.25) is 28.7 Å². The van der Waals surface area contributed by atoms with E-state index in [4.69, 9.17) is 15.6 Å². The molecule has 49 heavy (non-hydrogen) atoms. The molecule has 1 unspecified atom stereocenters. The van der Waals surface area contributed by atoms with E-state index in [0.29, 0.717) is 6.42 Å². The Bertz CT molecular complexity index is 1630. The van der Waals surface area contributed by atoms with Crippen LogP contribution >= 0.6 is 9.03 Å². The molecule has 276 valence electrons. The van der Waals surface area contributed by atoms with Gasteiger partial charge in [0.05, 0.1) is 18.2 Å². The molecule has 3 N–H and O–H groups in total. The zero-order valence-electron chi connectivity index (χ0n) is 28.3. The van der Waals surface area contributed by atoms with Crippen LogP contribution in [0.4, 0.5) is 8.78 Å². The van der Waals surface area contributed by atoms with E-state index in [0.717, 1.165) is 32.1 Å². The molecule has 0 aliphatic heterocycles. The van der Waals surface area contributed by atoms with Crippen LogP contribution in [-0.4, -0.2) is 61.9 Å². The minimum atomic E-state index is -1.45. The number of hydrogen-bond acceptors (Lipinski definition) is 7. The number of hydrogen-bond donors (Lipinski definition) is 3. The van der Waals surface area contributed by atoms with Crippen LogP contribution in [0.15, 0.2) is 43.7 Å². The Balaban J connectivity index is 0.000000295. The van der Waals surface area contributed by atoms with Crippen molar-refractivity contribution in [1.82, 2.24) is 19.1 Å². The van der Waals surface area contributed by atoms with E-state index in [1.807, 2.05) is 27.7 Å². The molecular weight excluding hydrogens is 706 g/mol. The molecule has 0 bridgehead atoms. The SMILES string of the molecule is CC[C@@]12C[C@@H]1[C@@H](n1ccc(=O)[nH]c1=O)[C@H](F)[C@@H]2O.[C-]#[N+]CCOPO[C@H]1[C@@H](F)[C@H](n2ccc(=O)[nH]c2=O)[C@H]2C[C@]21CC.[CH2-]CC.[CH2-]CC.[Ni+2]. The second-order valence-corrected chi connectivity index (χ2v) is 13.2. The number of fused-ring (bicyclic) bond motifs is 2. The van der Waals surface area contributed by atoms with Crippen LogP contribution in [0.5, 0.6) is 0 Å². The molecule has 11 atom stereocenters. The zero-order chi connectivity index (χ0) is 35.8. The normalized spacial score (nSPS) is 32.9. The third-order valence-corrected chi connectivity index (χ3v) is 10.5. The van der Waals surface area contributed by atoms with Crippen molar-refractivity contribution in [2.24, 2.45) is 22.7 Å². The Kier molecular flexibility index (Phi) is 16.3. The molecular formula is C33H48F2N5NiO7P. The van der Waals surface area contributed by atoms with E-state index in [9.17, 15) is 28.7 Å². The number of aliphatic hydroxyl groups is 1. The van der Waals surface area contributed by atoms with Crippen molar-refractivity contribution in [3.05, 3.63) is 91.5 Å². The van der Waals surface area contributed by atoms with Gasteiger partial charge in [-0.1, -0.05) is 27.7 Å². The summed E-state index contributed by atoms with van der Waals surface area (Å²) in [6.45, 7) is 22.1. The van der Waals surface area contributed by atoms with Gasteiger partial charge in [0, 0.05) is 35.4 Å². The standard InChI is InChI=1S/C15H19FN3O4P.C12H15FN2O3.2C3H7.Ni/c1-3-15-8-9(15)12(19-6-4-10(20)18-14(19)21)11(16)13(15)23-24-22-7-5-17-2;1-2-12-5-6(12)9(8(13)10(12)17)15-4-3-7(16)14-11(15)18;2*1-3-2;/h4,6,9,11-13,24H,3,5,7-8H2,1H3,(H,18,20,21);3-4,6,8-10,17H,2,5H2,1H3,(H,14,16,18);2*1,3H2,2H3;/q;;2*-1;+2/t9-,11+,12-,13+,15-;6-,8+,9-,10+,12-;;;/m11.../s1. The molecule has 0 aromatic carbocycles. The summed E-state index contributed by atoms with van der Waals surface area (Å²) in [7, 11) is -0.327. The maximum Gasteiger partial charge on any atom is 2.00 e. The van der Waals surface area contributed by atoms with Crippen molar-refractivity contribution in [3.63, 3.8) is 0 Å². The van der Waals surface area contributed by atoms with Crippen LogP contribution in [-0.2, 0) is 25.5 Å². The number of aliphatic hydroxyl groups excluding tert-OH is 1.